The van der Waals surface area contributed by atoms with Crippen molar-refractivity contribution in [1.82, 2.24) is 9.80 Å². The van der Waals surface area contributed by atoms with Crippen LogP contribution in [0.3, 0.4) is 0 Å². The van der Waals surface area contributed by atoms with Crippen molar-refractivity contribution in [3.8, 4) is 5.75 Å². The minimum atomic E-state index is -0.272. The van der Waals surface area contributed by atoms with Crippen molar-refractivity contribution in [1.29, 1.82) is 0 Å². The average Bonchev–Trinajstić information content (AvgIpc) is 3.03. The van der Waals surface area contributed by atoms with Crippen molar-refractivity contribution in [2.45, 2.75) is 20.3 Å². The Labute approximate surface area is 183 Å². The molecule has 2 aromatic rings. The van der Waals surface area contributed by atoms with Gasteiger partial charge in [-0.05, 0) is 55.8 Å². The van der Waals surface area contributed by atoms with Crippen molar-refractivity contribution < 1.29 is 14.3 Å². The van der Waals surface area contributed by atoms with Gasteiger partial charge in [0.25, 0.3) is 11.8 Å². The molecule has 0 N–H and O–H groups in total. The molecule has 0 spiro atoms. The van der Waals surface area contributed by atoms with E-state index in [1.54, 1.807) is 0 Å². The third-order valence-electron chi connectivity index (χ3n) is 5.75. The molecule has 31 heavy (non-hydrogen) atoms. The number of hydrogen-bond donors (Lipinski definition) is 0. The van der Waals surface area contributed by atoms with Gasteiger partial charge in [0.2, 0.25) is 0 Å². The Morgan fingerprint density at radius 3 is 2.29 bits per heavy atom. The minimum absolute atomic E-state index is 0.249. The van der Waals surface area contributed by atoms with Crippen molar-refractivity contribution in [2.24, 2.45) is 0 Å². The number of amides is 2. The second-order valence-electron chi connectivity index (χ2n) is 8.17. The molecule has 0 unspecified atom stereocenters. The quantitative estimate of drug-likeness (QED) is 0.673. The van der Waals surface area contributed by atoms with E-state index in [0.29, 0.717) is 36.7 Å². The third kappa shape index (κ3) is 4.21. The van der Waals surface area contributed by atoms with Crippen molar-refractivity contribution >= 4 is 23.1 Å². The average molecular weight is 420 g/mol. The number of hydrogen-bond acceptors (Lipinski definition) is 5. The first-order valence-corrected chi connectivity index (χ1v) is 10.9. The summed E-state index contributed by atoms with van der Waals surface area (Å²) in [6, 6.07) is 15.0. The van der Waals surface area contributed by atoms with Crippen LogP contribution in [0.4, 0.5) is 5.69 Å². The Morgan fingerprint density at radius 1 is 0.935 bits per heavy atom. The smallest absolute Gasteiger partial charge is 0.282 e. The van der Waals surface area contributed by atoms with Crippen LogP contribution < -0.4 is 9.64 Å². The van der Waals surface area contributed by atoms with Crippen LogP contribution in [0, 0.1) is 6.92 Å². The summed E-state index contributed by atoms with van der Waals surface area (Å²) in [6.07, 6.45) is 0.929. The van der Waals surface area contributed by atoms with Crippen LogP contribution in [0.1, 0.15) is 24.5 Å². The Morgan fingerprint density at radius 2 is 1.65 bits per heavy atom. The summed E-state index contributed by atoms with van der Waals surface area (Å²) in [6.45, 7) is 7.80. The number of carbonyl (C=O) groups excluding carboxylic acids is 2. The summed E-state index contributed by atoms with van der Waals surface area (Å²) >= 11 is 0. The summed E-state index contributed by atoms with van der Waals surface area (Å²) < 4.78 is 5.69. The second kappa shape index (κ2) is 8.94. The SMILES string of the molecule is CCCOc1ccc(C2=C(N3CCN(C)CC3)C(=O)N(c3cccc(C)c3)C2=O)cc1. The molecule has 2 heterocycles. The zero-order chi connectivity index (χ0) is 22.0. The molecule has 6 nitrogen and oxygen atoms in total. The summed E-state index contributed by atoms with van der Waals surface area (Å²) in [7, 11) is 2.07. The molecule has 1 saturated heterocycles. The molecule has 0 aromatic heterocycles. The monoisotopic (exact) mass is 419 g/mol. The predicted molar refractivity (Wildman–Crippen MR) is 122 cm³/mol. The number of ether oxygens (including phenoxy) is 1. The molecular formula is C25H29N3O3. The number of carbonyl (C=O) groups is 2. The molecule has 0 radical (unpaired) electrons. The Hall–Kier alpha value is -3.12. The van der Waals surface area contributed by atoms with Crippen LogP contribution in [0.2, 0.25) is 0 Å². The van der Waals surface area contributed by atoms with Gasteiger partial charge in [-0.15, -0.1) is 0 Å². The molecule has 1 fully saturated rings. The van der Waals surface area contributed by atoms with Gasteiger partial charge in [0, 0.05) is 26.2 Å². The highest BCUT2D eigenvalue weighted by Crippen LogP contribution is 2.35. The van der Waals surface area contributed by atoms with E-state index in [-0.39, 0.29) is 11.8 Å². The van der Waals surface area contributed by atoms with Gasteiger partial charge in [-0.2, -0.15) is 0 Å². The van der Waals surface area contributed by atoms with E-state index in [4.69, 9.17) is 4.74 Å². The highest BCUT2D eigenvalue weighted by atomic mass is 16.5. The van der Waals surface area contributed by atoms with Gasteiger partial charge in [-0.3, -0.25) is 9.59 Å². The highest BCUT2D eigenvalue weighted by Gasteiger charge is 2.42. The molecule has 6 heteroatoms. The maximum atomic E-state index is 13.6. The number of benzene rings is 2. The van der Waals surface area contributed by atoms with Crippen molar-refractivity contribution in [3.63, 3.8) is 0 Å². The van der Waals surface area contributed by atoms with E-state index in [0.717, 1.165) is 36.4 Å². The zero-order valence-electron chi connectivity index (χ0n) is 18.4. The molecule has 2 amide bonds. The highest BCUT2D eigenvalue weighted by molar-refractivity contribution is 6.45. The maximum Gasteiger partial charge on any atom is 0.282 e. The summed E-state index contributed by atoms with van der Waals surface area (Å²) in [5, 5.41) is 0. The molecule has 0 aliphatic carbocycles. The van der Waals surface area contributed by atoms with E-state index >= 15 is 0 Å². The number of aryl methyl sites for hydroxylation is 1. The molecule has 2 aromatic carbocycles. The third-order valence-corrected chi connectivity index (χ3v) is 5.75. The lowest BCUT2D eigenvalue weighted by Crippen LogP contribution is -2.46. The van der Waals surface area contributed by atoms with E-state index in [1.807, 2.05) is 55.5 Å². The fraction of sp³-hybridized carbons (Fsp3) is 0.360. The molecule has 4 rings (SSSR count). The summed E-state index contributed by atoms with van der Waals surface area (Å²) in [4.78, 5) is 32.8. The first-order valence-electron chi connectivity index (χ1n) is 10.9. The van der Waals surface area contributed by atoms with Crippen molar-refractivity contribution in [2.75, 3.05) is 44.7 Å². The van der Waals surface area contributed by atoms with E-state index in [2.05, 4.69) is 23.8 Å². The molecule has 0 bridgehead atoms. The summed E-state index contributed by atoms with van der Waals surface area (Å²) in [5.74, 6) is 0.243. The predicted octanol–water partition coefficient (Wildman–Crippen LogP) is 3.32. The van der Waals surface area contributed by atoms with Gasteiger partial charge < -0.3 is 14.5 Å². The number of nitrogens with zero attached hydrogens (tertiary/aromatic N) is 3. The van der Waals surface area contributed by atoms with Gasteiger partial charge in [-0.1, -0.05) is 31.2 Å². The standard InChI is InChI=1S/C25H29N3O3/c1-4-16-31-21-10-8-19(9-11-21)22-23(27-14-12-26(3)13-15-27)25(30)28(24(22)29)20-7-5-6-18(2)17-20/h5-11,17H,4,12-16H2,1-3H3. The molecular weight excluding hydrogens is 390 g/mol. The van der Waals surface area contributed by atoms with Crippen molar-refractivity contribution in [3.05, 3.63) is 65.4 Å². The molecule has 162 valence electrons. The van der Waals surface area contributed by atoms with Crippen LogP contribution in [0.25, 0.3) is 5.57 Å². The Bertz CT molecular complexity index is 1000. The first kappa shape index (κ1) is 21.1. The lowest BCUT2D eigenvalue weighted by molar-refractivity contribution is -0.120. The number of rotatable bonds is 6. The topological polar surface area (TPSA) is 53.1 Å². The molecule has 0 atom stereocenters. The number of imide groups is 1. The second-order valence-corrected chi connectivity index (χ2v) is 8.17. The van der Waals surface area contributed by atoms with Gasteiger partial charge in [-0.25, -0.2) is 4.90 Å². The number of anilines is 1. The van der Waals surface area contributed by atoms with E-state index in [9.17, 15) is 9.59 Å². The lowest BCUT2D eigenvalue weighted by atomic mass is 10.0. The van der Waals surface area contributed by atoms with Gasteiger partial charge in [0.15, 0.2) is 0 Å². The number of piperazine rings is 1. The van der Waals surface area contributed by atoms with Crippen LogP contribution in [-0.2, 0) is 9.59 Å². The Kier molecular flexibility index (Phi) is 6.09. The van der Waals surface area contributed by atoms with Crippen LogP contribution in [-0.4, -0.2) is 61.4 Å². The van der Waals surface area contributed by atoms with Gasteiger partial charge in [0.1, 0.15) is 11.4 Å². The van der Waals surface area contributed by atoms with E-state index in [1.165, 1.54) is 4.90 Å². The molecule has 2 aliphatic heterocycles. The number of likely N-dealkylation sites (N-methyl/N-ethyl adjacent to an activating group) is 1. The molecule has 0 saturated carbocycles. The van der Waals surface area contributed by atoms with Crippen LogP contribution >= 0.6 is 0 Å². The fourth-order valence-corrected chi connectivity index (χ4v) is 4.04. The van der Waals surface area contributed by atoms with Crippen LogP contribution in [0.15, 0.2) is 54.2 Å². The largest absolute Gasteiger partial charge is 0.494 e. The Balaban J connectivity index is 1.74. The fourth-order valence-electron chi connectivity index (χ4n) is 4.04. The lowest BCUT2D eigenvalue weighted by Gasteiger charge is -2.34. The van der Waals surface area contributed by atoms with E-state index < -0.39 is 0 Å². The maximum absolute atomic E-state index is 13.6. The molecule has 2 aliphatic rings. The first-order chi connectivity index (χ1) is 15.0. The summed E-state index contributed by atoms with van der Waals surface area (Å²) in [5.41, 5.74) is 3.33. The van der Waals surface area contributed by atoms with Crippen LogP contribution in [0.5, 0.6) is 5.75 Å². The minimum Gasteiger partial charge on any atom is -0.494 e. The van der Waals surface area contributed by atoms with Gasteiger partial charge >= 0.3 is 0 Å². The van der Waals surface area contributed by atoms with Gasteiger partial charge in [0.05, 0.1) is 17.9 Å². The zero-order valence-corrected chi connectivity index (χ0v) is 18.4. The normalized spacial score (nSPS) is 17.6.